The van der Waals surface area contributed by atoms with E-state index in [1.54, 1.807) is 14.1 Å². The van der Waals surface area contributed by atoms with Crippen LogP contribution in [0.25, 0.3) is 0 Å². The molecule has 33 heavy (non-hydrogen) atoms. The van der Waals surface area contributed by atoms with Crippen LogP contribution in [0.2, 0.25) is 0 Å². The average molecular weight is 471 g/mol. The van der Waals surface area contributed by atoms with Gasteiger partial charge in [0.25, 0.3) is 11.8 Å². The van der Waals surface area contributed by atoms with Crippen LogP contribution in [0.15, 0.2) is 10.3 Å². The molecule has 0 aliphatic carbocycles. The third kappa shape index (κ3) is 17.4. The maximum absolute atomic E-state index is 11.6. The first kappa shape index (κ1) is 30.1. The number of nitrogens with one attached hydrogen (secondary N) is 4. The topological polar surface area (TPSA) is 160 Å². The Morgan fingerprint density at radius 1 is 0.758 bits per heavy atom. The Morgan fingerprint density at radius 2 is 1.15 bits per heavy atom. The van der Waals surface area contributed by atoms with Gasteiger partial charge in [0, 0.05) is 31.9 Å². The van der Waals surface area contributed by atoms with E-state index in [1.165, 1.54) is 26.3 Å². The van der Waals surface area contributed by atoms with Gasteiger partial charge in [-0.2, -0.15) is 0 Å². The highest BCUT2D eigenvalue weighted by Crippen LogP contribution is 1.98. The molecule has 12 nitrogen and oxygen atoms in total. The van der Waals surface area contributed by atoms with Crippen molar-refractivity contribution >= 4 is 35.8 Å². The van der Waals surface area contributed by atoms with Gasteiger partial charge < -0.3 is 30.9 Å². The number of nitrogens with zero attached hydrogens (tertiary/aromatic N) is 2. The molecule has 0 bridgehead atoms. The molecule has 0 radical (unpaired) electrons. The van der Waals surface area contributed by atoms with Gasteiger partial charge in [-0.25, -0.2) is 0 Å². The summed E-state index contributed by atoms with van der Waals surface area (Å²) in [5.74, 6) is -0.470. The Bertz CT molecular complexity index is 601. The summed E-state index contributed by atoms with van der Waals surface area (Å²) >= 11 is 0. The van der Waals surface area contributed by atoms with E-state index in [0.717, 1.165) is 0 Å². The molecule has 0 aromatic heterocycles. The van der Waals surface area contributed by atoms with Crippen molar-refractivity contribution in [1.82, 2.24) is 21.3 Å². The zero-order chi connectivity index (χ0) is 24.9. The van der Waals surface area contributed by atoms with Crippen LogP contribution < -0.4 is 21.3 Å². The van der Waals surface area contributed by atoms with E-state index in [1.807, 2.05) is 0 Å². The van der Waals surface area contributed by atoms with Crippen LogP contribution in [0.5, 0.6) is 0 Å². The maximum Gasteiger partial charge on any atom is 0.260 e. The molecular weight excluding hydrogens is 432 g/mol. The zero-order valence-corrected chi connectivity index (χ0v) is 20.0. The first-order valence-electron chi connectivity index (χ1n) is 11.0. The highest BCUT2D eigenvalue weighted by Gasteiger charge is 2.11. The normalized spacial score (nSPS) is 13.0. The summed E-state index contributed by atoms with van der Waals surface area (Å²) in [6.07, 6.45) is 5.74. The lowest BCUT2D eigenvalue weighted by molar-refractivity contribution is -0.126. The van der Waals surface area contributed by atoms with Crippen LogP contribution >= 0.6 is 0 Å². The molecule has 0 spiro atoms. The minimum atomic E-state index is -0.304. The Kier molecular flexibility index (Phi) is 18.1. The Morgan fingerprint density at radius 3 is 1.48 bits per heavy atom. The minimum absolute atomic E-state index is 0.0687. The summed E-state index contributed by atoms with van der Waals surface area (Å²) in [7, 11) is 3.46. The summed E-state index contributed by atoms with van der Waals surface area (Å²) in [6, 6.07) is -0.393. The van der Waals surface area contributed by atoms with E-state index in [9.17, 15) is 19.2 Å². The van der Waals surface area contributed by atoms with Crippen LogP contribution in [-0.4, -0.2) is 88.3 Å². The molecule has 188 valence electrons. The number of rotatable bonds is 20. The molecule has 0 saturated carbocycles. The molecule has 0 aromatic carbocycles. The molecule has 0 rings (SSSR count). The fourth-order valence-corrected chi connectivity index (χ4v) is 2.70. The van der Waals surface area contributed by atoms with Gasteiger partial charge in [0.05, 0.1) is 12.1 Å². The van der Waals surface area contributed by atoms with Gasteiger partial charge in [-0.3, -0.25) is 19.2 Å². The summed E-state index contributed by atoms with van der Waals surface area (Å²) in [5, 5.41) is 18.5. The highest BCUT2D eigenvalue weighted by atomic mass is 16.6. The van der Waals surface area contributed by atoms with Crippen LogP contribution in [0.4, 0.5) is 0 Å². The molecule has 0 heterocycles. The number of carbonyl (C=O) groups excluding carboxylic acids is 4. The van der Waals surface area contributed by atoms with E-state index in [2.05, 4.69) is 31.6 Å². The molecule has 0 unspecified atom stereocenters. The fraction of sp³-hybridized carbons (Fsp3) is 0.714. The second kappa shape index (κ2) is 19.8. The van der Waals surface area contributed by atoms with Crippen molar-refractivity contribution < 1.29 is 28.9 Å². The van der Waals surface area contributed by atoms with Crippen LogP contribution in [-0.2, 0) is 28.9 Å². The lowest BCUT2D eigenvalue weighted by Gasteiger charge is -2.12. The van der Waals surface area contributed by atoms with E-state index in [-0.39, 0.29) is 48.7 Å². The lowest BCUT2D eigenvalue weighted by Crippen LogP contribution is -2.34. The highest BCUT2D eigenvalue weighted by molar-refractivity contribution is 5.82. The minimum Gasteiger partial charge on any atom is -0.386 e. The average Bonchev–Trinajstić information content (AvgIpc) is 2.77. The molecule has 2 atom stereocenters. The van der Waals surface area contributed by atoms with Crippen molar-refractivity contribution in [3.8, 4) is 0 Å². The third-order valence-corrected chi connectivity index (χ3v) is 4.56. The first-order valence-corrected chi connectivity index (χ1v) is 11.0. The number of amides is 2. The van der Waals surface area contributed by atoms with E-state index < -0.39 is 0 Å². The van der Waals surface area contributed by atoms with E-state index >= 15 is 0 Å². The maximum atomic E-state index is 11.6. The van der Waals surface area contributed by atoms with Crippen molar-refractivity contribution in [3.05, 3.63) is 0 Å². The summed E-state index contributed by atoms with van der Waals surface area (Å²) < 4.78 is 0. The third-order valence-electron chi connectivity index (χ3n) is 4.56. The Hall–Kier alpha value is -2.86. The molecule has 4 N–H and O–H groups in total. The number of hydrogen-bond acceptors (Lipinski definition) is 10. The van der Waals surface area contributed by atoms with Gasteiger partial charge in [0.1, 0.15) is 11.6 Å². The Labute approximate surface area is 195 Å². The van der Waals surface area contributed by atoms with Gasteiger partial charge in [0.15, 0.2) is 13.2 Å². The number of hydrogen-bond donors (Lipinski definition) is 4. The van der Waals surface area contributed by atoms with Crippen LogP contribution in [0.3, 0.4) is 0 Å². The van der Waals surface area contributed by atoms with Crippen molar-refractivity contribution in [2.75, 3.05) is 40.4 Å². The van der Waals surface area contributed by atoms with Gasteiger partial charge >= 0.3 is 0 Å². The predicted octanol–water partition coefficient (Wildman–Crippen LogP) is -0.472. The summed E-state index contributed by atoms with van der Waals surface area (Å²) in [5.41, 5.74) is 0. The van der Waals surface area contributed by atoms with Crippen LogP contribution in [0, 0.1) is 0 Å². The molecule has 12 heteroatoms. The summed E-state index contributed by atoms with van der Waals surface area (Å²) in [4.78, 5) is 55.5. The second-order valence-corrected chi connectivity index (χ2v) is 7.25. The largest absolute Gasteiger partial charge is 0.386 e. The quantitative estimate of drug-likeness (QED) is 0.106. The molecule has 0 aromatic rings. The molecule has 0 saturated heterocycles. The number of Topliss-reactive ketones (excluding diaryl/α,β-unsaturated/α-hetero) is 2. The predicted molar refractivity (Wildman–Crippen MR) is 125 cm³/mol. The zero-order valence-electron chi connectivity index (χ0n) is 20.0. The number of likely N-dealkylation sites (N-methyl/N-ethyl adjacent to an activating group) is 2. The standard InChI is InChI=1S/C21H38N6O6/c1-16(28)18(22-3)8-5-10-24-20(30)14-32-26-12-7-13-27-33-15-21(31)25-11-6-9-19(23-4)17(2)29/h12-13,18-19,22-23H,5-11,14-15H2,1-4H3,(H,24,30)(H,25,31)/b26-12+,27-13+/t18-,19-/m1/s1. The lowest BCUT2D eigenvalue weighted by atomic mass is 10.1. The van der Waals surface area contributed by atoms with Gasteiger partial charge in [-0.15, -0.1) is 0 Å². The molecule has 2 amide bonds. The molecular formula is C21H38N6O6. The molecule has 0 aliphatic rings. The van der Waals surface area contributed by atoms with E-state index in [0.29, 0.717) is 45.2 Å². The molecule has 0 aliphatic heterocycles. The van der Waals surface area contributed by atoms with E-state index in [4.69, 9.17) is 9.68 Å². The smallest absolute Gasteiger partial charge is 0.260 e. The van der Waals surface area contributed by atoms with Gasteiger partial charge in [-0.05, 0) is 53.6 Å². The second-order valence-electron chi connectivity index (χ2n) is 7.25. The molecule has 0 fully saturated rings. The first-order chi connectivity index (χ1) is 15.8. The number of carbonyl (C=O) groups is 4. The van der Waals surface area contributed by atoms with Gasteiger partial charge in [-0.1, -0.05) is 10.3 Å². The van der Waals surface area contributed by atoms with Crippen molar-refractivity contribution in [2.24, 2.45) is 10.3 Å². The van der Waals surface area contributed by atoms with Crippen molar-refractivity contribution in [3.63, 3.8) is 0 Å². The van der Waals surface area contributed by atoms with Crippen LogP contribution in [0.1, 0.15) is 46.0 Å². The Balaban J connectivity index is 3.69. The number of ketones is 2. The summed E-state index contributed by atoms with van der Waals surface area (Å²) in [6.45, 7) is 3.52. The SMILES string of the molecule is CN[C@H](CCCNC(=O)CO/N=C/C/C=N/OCC(=O)NCCC[C@@H](NC)C(C)=O)C(C)=O. The number of oxime groups is 2. The fourth-order valence-electron chi connectivity index (χ4n) is 2.70. The monoisotopic (exact) mass is 470 g/mol. The van der Waals surface area contributed by atoms with Crippen molar-refractivity contribution in [1.29, 1.82) is 0 Å². The van der Waals surface area contributed by atoms with Crippen molar-refractivity contribution in [2.45, 2.75) is 58.0 Å². The van der Waals surface area contributed by atoms with Gasteiger partial charge in [0.2, 0.25) is 0 Å².